The highest BCUT2D eigenvalue weighted by molar-refractivity contribution is 5.77. The van der Waals surface area contributed by atoms with E-state index < -0.39 is 6.10 Å². The van der Waals surface area contributed by atoms with Gasteiger partial charge >= 0.3 is 0 Å². The van der Waals surface area contributed by atoms with Gasteiger partial charge in [0.2, 0.25) is 5.91 Å². The number of rotatable bonds is 5. The molecular weight excluding hydrogens is 230 g/mol. The van der Waals surface area contributed by atoms with E-state index in [1.807, 2.05) is 32.9 Å². The first kappa shape index (κ1) is 14.5. The number of methoxy groups -OCH3 is 1. The van der Waals surface area contributed by atoms with Gasteiger partial charge in [-0.2, -0.15) is 0 Å². The van der Waals surface area contributed by atoms with Gasteiger partial charge in [0.1, 0.15) is 5.75 Å². The van der Waals surface area contributed by atoms with Crippen LogP contribution in [-0.2, 0) is 4.79 Å². The van der Waals surface area contributed by atoms with Crippen LogP contribution in [0.3, 0.4) is 0 Å². The summed E-state index contributed by atoms with van der Waals surface area (Å²) < 4.78 is 5.16. The first-order chi connectivity index (χ1) is 8.45. The molecule has 0 aromatic heterocycles. The molecule has 1 atom stereocenters. The molecule has 1 aromatic rings. The Morgan fingerprint density at radius 3 is 2.61 bits per heavy atom. The Morgan fingerprint density at radius 1 is 1.44 bits per heavy atom. The topological polar surface area (TPSA) is 58.6 Å². The highest BCUT2D eigenvalue weighted by atomic mass is 16.5. The van der Waals surface area contributed by atoms with E-state index in [0.717, 1.165) is 16.9 Å². The number of aryl methyl sites for hydroxylation is 1. The third-order valence-corrected chi connectivity index (χ3v) is 2.80. The van der Waals surface area contributed by atoms with Crippen molar-refractivity contribution in [1.29, 1.82) is 0 Å². The molecule has 4 nitrogen and oxygen atoms in total. The molecular formula is C14H21NO3. The van der Waals surface area contributed by atoms with E-state index in [0.29, 0.717) is 0 Å². The van der Waals surface area contributed by atoms with Crippen molar-refractivity contribution in [2.75, 3.05) is 13.7 Å². The number of ether oxygens (including phenoxy) is 1. The van der Waals surface area contributed by atoms with E-state index in [9.17, 15) is 9.90 Å². The molecule has 1 amide bonds. The molecule has 0 fully saturated rings. The van der Waals surface area contributed by atoms with Gasteiger partial charge in [-0.1, -0.05) is 19.9 Å². The van der Waals surface area contributed by atoms with Crippen LogP contribution in [0.4, 0.5) is 0 Å². The largest absolute Gasteiger partial charge is 0.496 e. The molecule has 100 valence electrons. The lowest BCUT2D eigenvalue weighted by Gasteiger charge is -2.15. The van der Waals surface area contributed by atoms with Gasteiger partial charge in [0.15, 0.2) is 0 Å². The predicted molar refractivity (Wildman–Crippen MR) is 70.5 cm³/mol. The second kappa shape index (κ2) is 6.40. The van der Waals surface area contributed by atoms with E-state index in [1.54, 1.807) is 13.2 Å². The van der Waals surface area contributed by atoms with Crippen LogP contribution in [0.1, 0.15) is 31.1 Å². The smallest absolute Gasteiger partial charge is 0.222 e. The summed E-state index contributed by atoms with van der Waals surface area (Å²) in [5.74, 6) is 0.659. The van der Waals surface area contributed by atoms with Crippen LogP contribution in [0.5, 0.6) is 5.75 Å². The van der Waals surface area contributed by atoms with Crippen LogP contribution in [-0.4, -0.2) is 24.7 Å². The molecule has 0 spiro atoms. The van der Waals surface area contributed by atoms with Gasteiger partial charge in [0.25, 0.3) is 0 Å². The molecule has 1 aromatic carbocycles. The molecule has 0 aliphatic heterocycles. The number of benzene rings is 1. The van der Waals surface area contributed by atoms with Gasteiger partial charge < -0.3 is 15.2 Å². The molecule has 2 N–H and O–H groups in total. The maximum Gasteiger partial charge on any atom is 0.222 e. The summed E-state index contributed by atoms with van der Waals surface area (Å²) in [6.45, 7) is 5.78. The Bertz CT molecular complexity index is 416. The van der Waals surface area contributed by atoms with Crippen molar-refractivity contribution in [3.8, 4) is 5.75 Å². The minimum atomic E-state index is -0.697. The number of carbonyl (C=O) groups is 1. The standard InChI is InChI=1S/C14H21NO3/c1-9(2)14(17)15-8-12(16)11-5-6-13(18-4)10(3)7-11/h5-7,9,12,16H,8H2,1-4H3,(H,15,17). The highest BCUT2D eigenvalue weighted by Crippen LogP contribution is 2.22. The summed E-state index contributed by atoms with van der Waals surface area (Å²) in [6, 6.07) is 5.49. The SMILES string of the molecule is COc1ccc(C(O)CNC(=O)C(C)C)cc1C. The van der Waals surface area contributed by atoms with Crippen LogP contribution in [0.15, 0.2) is 18.2 Å². The zero-order valence-electron chi connectivity index (χ0n) is 11.4. The van der Waals surface area contributed by atoms with Crippen LogP contribution >= 0.6 is 0 Å². The second-order valence-electron chi connectivity index (χ2n) is 4.64. The fraction of sp³-hybridized carbons (Fsp3) is 0.500. The van der Waals surface area contributed by atoms with Crippen LogP contribution in [0.25, 0.3) is 0 Å². The van der Waals surface area contributed by atoms with Crippen molar-refractivity contribution in [1.82, 2.24) is 5.32 Å². The minimum absolute atomic E-state index is 0.0562. The lowest BCUT2D eigenvalue weighted by atomic mass is 10.1. The monoisotopic (exact) mass is 251 g/mol. The molecule has 1 rings (SSSR count). The average molecular weight is 251 g/mol. The highest BCUT2D eigenvalue weighted by Gasteiger charge is 2.12. The second-order valence-corrected chi connectivity index (χ2v) is 4.64. The van der Waals surface area contributed by atoms with Gasteiger partial charge in [0.05, 0.1) is 13.2 Å². The first-order valence-electron chi connectivity index (χ1n) is 6.06. The molecule has 18 heavy (non-hydrogen) atoms. The van der Waals surface area contributed by atoms with Crippen LogP contribution in [0.2, 0.25) is 0 Å². The van der Waals surface area contributed by atoms with Gasteiger partial charge in [-0.25, -0.2) is 0 Å². The Morgan fingerprint density at radius 2 is 2.11 bits per heavy atom. The number of amides is 1. The van der Waals surface area contributed by atoms with E-state index in [2.05, 4.69) is 5.32 Å². The summed E-state index contributed by atoms with van der Waals surface area (Å²) in [7, 11) is 1.61. The average Bonchev–Trinajstić information content (AvgIpc) is 2.35. The lowest BCUT2D eigenvalue weighted by Crippen LogP contribution is -2.31. The Kier molecular flexibility index (Phi) is 5.16. The normalized spacial score (nSPS) is 12.3. The summed E-state index contributed by atoms with van der Waals surface area (Å²) in [6.07, 6.45) is -0.697. The van der Waals surface area contributed by atoms with Gasteiger partial charge in [-0.3, -0.25) is 4.79 Å². The Hall–Kier alpha value is -1.55. The molecule has 0 aliphatic rings. The van der Waals surface area contributed by atoms with Gasteiger partial charge in [-0.15, -0.1) is 0 Å². The molecule has 0 aliphatic carbocycles. The molecule has 0 saturated heterocycles. The van der Waals surface area contributed by atoms with Gasteiger partial charge in [-0.05, 0) is 30.2 Å². The fourth-order valence-corrected chi connectivity index (χ4v) is 1.63. The lowest BCUT2D eigenvalue weighted by molar-refractivity contribution is -0.124. The van der Waals surface area contributed by atoms with Crippen molar-refractivity contribution < 1.29 is 14.6 Å². The zero-order valence-corrected chi connectivity index (χ0v) is 11.4. The van der Waals surface area contributed by atoms with E-state index in [1.165, 1.54) is 0 Å². The van der Waals surface area contributed by atoms with E-state index in [-0.39, 0.29) is 18.4 Å². The van der Waals surface area contributed by atoms with Crippen molar-refractivity contribution in [2.45, 2.75) is 26.9 Å². The van der Waals surface area contributed by atoms with Crippen molar-refractivity contribution in [3.05, 3.63) is 29.3 Å². The number of hydrogen-bond donors (Lipinski definition) is 2. The Balaban J connectivity index is 2.64. The molecule has 0 radical (unpaired) electrons. The summed E-state index contributed by atoms with van der Waals surface area (Å²) in [5.41, 5.74) is 1.74. The third kappa shape index (κ3) is 3.74. The number of carbonyl (C=O) groups excluding carboxylic acids is 1. The maximum atomic E-state index is 11.4. The summed E-state index contributed by atoms with van der Waals surface area (Å²) in [4.78, 5) is 11.4. The first-order valence-corrected chi connectivity index (χ1v) is 6.06. The number of nitrogens with one attached hydrogen (secondary N) is 1. The maximum absolute atomic E-state index is 11.4. The number of hydrogen-bond acceptors (Lipinski definition) is 3. The van der Waals surface area contributed by atoms with Crippen molar-refractivity contribution in [2.24, 2.45) is 5.92 Å². The van der Waals surface area contributed by atoms with Crippen molar-refractivity contribution >= 4 is 5.91 Å². The fourth-order valence-electron chi connectivity index (χ4n) is 1.63. The molecule has 4 heteroatoms. The summed E-state index contributed by atoms with van der Waals surface area (Å²) in [5, 5.41) is 12.7. The third-order valence-electron chi connectivity index (χ3n) is 2.80. The van der Waals surface area contributed by atoms with E-state index >= 15 is 0 Å². The zero-order chi connectivity index (χ0) is 13.7. The molecule has 0 saturated carbocycles. The summed E-state index contributed by atoms with van der Waals surface area (Å²) >= 11 is 0. The van der Waals surface area contributed by atoms with E-state index in [4.69, 9.17) is 4.74 Å². The predicted octanol–water partition coefficient (Wildman–Crippen LogP) is 1.81. The quantitative estimate of drug-likeness (QED) is 0.839. The number of aliphatic hydroxyl groups excluding tert-OH is 1. The van der Waals surface area contributed by atoms with Crippen LogP contribution < -0.4 is 10.1 Å². The molecule has 0 heterocycles. The molecule has 0 bridgehead atoms. The Labute approximate surface area is 108 Å². The molecule has 1 unspecified atom stereocenters. The minimum Gasteiger partial charge on any atom is -0.496 e. The van der Waals surface area contributed by atoms with Crippen molar-refractivity contribution in [3.63, 3.8) is 0 Å². The van der Waals surface area contributed by atoms with Gasteiger partial charge in [0, 0.05) is 12.5 Å². The number of aliphatic hydroxyl groups is 1. The van der Waals surface area contributed by atoms with Crippen LogP contribution in [0, 0.1) is 12.8 Å².